The molecule has 0 unspecified atom stereocenters. The molecule has 1 atom stereocenters. The third kappa shape index (κ3) is 3.98. The number of piperazine rings is 1. The molecule has 2 saturated heterocycles. The minimum Gasteiger partial charge on any atom is -0.354 e. The number of anilines is 1. The van der Waals surface area contributed by atoms with Crippen LogP contribution in [0.15, 0.2) is 42.6 Å². The van der Waals surface area contributed by atoms with Gasteiger partial charge in [-0.1, -0.05) is 35.9 Å². The van der Waals surface area contributed by atoms with Gasteiger partial charge in [0.25, 0.3) is 0 Å². The topological polar surface area (TPSA) is 39.7 Å². The van der Waals surface area contributed by atoms with E-state index in [0.29, 0.717) is 0 Å². The standard InChI is InChI=1S/C22H28N4O/c1-17-3-6-19(7-4-17)16-26-10-9-20(22(26)27)24-11-13-25(14-12-24)21-8-5-18(2)15-23-21/h3-8,15,20H,9-14,16H2,1-2H3/t20-/m0/s1. The van der Waals surface area contributed by atoms with Crippen molar-refractivity contribution in [2.75, 3.05) is 37.6 Å². The highest BCUT2D eigenvalue weighted by Gasteiger charge is 2.37. The minimum absolute atomic E-state index is 0.0450. The summed E-state index contributed by atoms with van der Waals surface area (Å²) in [7, 11) is 0. The van der Waals surface area contributed by atoms with Gasteiger partial charge in [-0.2, -0.15) is 0 Å². The van der Waals surface area contributed by atoms with Crippen molar-refractivity contribution >= 4 is 11.7 Å². The number of aromatic nitrogens is 1. The molecule has 4 rings (SSSR count). The van der Waals surface area contributed by atoms with Crippen LogP contribution in [-0.4, -0.2) is 59.5 Å². The van der Waals surface area contributed by atoms with Crippen molar-refractivity contribution in [3.8, 4) is 0 Å². The van der Waals surface area contributed by atoms with E-state index in [2.05, 4.69) is 65.0 Å². The SMILES string of the molecule is Cc1ccc(CN2CC[C@H](N3CCN(c4ccc(C)cn4)CC3)C2=O)cc1. The van der Waals surface area contributed by atoms with Crippen molar-refractivity contribution in [3.63, 3.8) is 0 Å². The number of likely N-dealkylation sites (tertiary alicyclic amines) is 1. The van der Waals surface area contributed by atoms with E-state index in [4.69, 9.17) is 0 Å². The molecule has 0 aliphatic carbocycles. The molecule has 1 amide bonds. The molecule has 1 aromatic carbocycles. The normalized spacial score (nSPS) is 21.1. The van der Waals surface area contributed by atoms with Crippen LogP contribution in [0, 0.1) is 13.8 Å². The van der Waals surface area contributed by atoms with Crippen molar-refractivity contribution in [3.05, 3.63) is 59.3 Å². The molecular formula is C22H28N4O. The molecule has 0 bridgehead atoms. The highest BCUT2D eigenvalue weighted by atomic mass is 16.2. The first-order valence-electron chi connectivity index (χ1n) is 9.86. The molecule has 0 radical (unpaired) electrons. The van der Waals surface area contributed by atoms with Crippen LogP contribution in [0.25, 0.3) is 0 Å². The number of nitrogens with zero attached hydrogens (tertiary/aromatic N) is 4. The van der Waals surface area contributed by atoms with Crippen molar-refractivity contribution in [2.24, 2.45) is 0 Å². The lowest BCUT2D eigenvalue weighted by Gasteiger charge is -2.37. The first kappa shape index (κ1) is 18.0. The number of amides is 1. The zero-order valence-electron chi connectivity index (χ0n) is 16.3. The van der Waals surface area contributed by atoms with Gasteiger partial charge in [0.15, 0.2) is 0 Å². The molecule has 3 heterocycles. The van der Waals surface area contributed by atoms with Crippen LogP contribution in [-0.2, 0) is 11.3 Å². The van der Waals surface area contributed by atoms with Crippen LogP contribution < -0.4 is 4.90 Å². The van der Waals surface area contributed by atoms with E-state index in [1.54, 1.807) is 0 Å². The lowest BCUT2D eigenvalue weighted by Crippen LogP contribution is -2.52. The lowest BCUT2D eigenvalue weighted by atomic mass is 10.1. The molecule has 1 aromatic heterocycles. The van der Waals surface area contributed by atoms with Gasteiger partial charge in [0, 0.05) is 45.5 Å². The molecule has 2 aromatic rings. The van der Waals surface area contributed by atoms with Crippen LogP contribution in [0.2, 0.25) is 0 Å². The van der Waals surface area contributed by atoms with E-state index in [9.17, 15) is 4.79 Å². The zero-order chi connectivity index (χ0) is 18.8. The summed E-state index contributed by atoms with van der Waals surface area (Å²) in [4.78, 5) is 24.2. The number of carbonyl (C=O) groups excluding carboxylic acids is 1. The number of hydrogen-bond donors (Lipinski definition) is 0. The predicted molar refractivity (Wildman–Crippen MR) is 108 cm³/mol. The molecule has 2 fully saturated rings. The Balaban J connectivity index is 1.33. The van der Waals surface area contributed by atoms with Crippen LogP contribution >= 0.6 is 0 Å². The lowest BCUT2D eigenvalue weighted by molar-refractivity contribution is -0.132. The summed E-state index contributed by atoms with van der Waals surface area (Å²) in [6.07, 6.45) is 2.86. The molecule has 0 N–H and O–H groups in total. The molecule has 2 aliphatic heterocycles. The Morgan fingerprint density at radius 3 is 2.30 bits per heavy atom. The maximum Gasteiger partial charge on any atom is 0.240 e. The van der Waals surface area contributed by atoms with Crippen LogP contribution in [0.3, 0.4) is 0 Å². The fraction of sp³-hybridized carbons (Fsp3) is 0.455. The summed E-state index contributed by atoms with van der Waals surface area (Å²) in [6.45, 7) is 9.43. The van der Waals surface area contributed by atoms with Crippen molar-refractivity contribution < 1.29 is 4.79 Å². The van der Waals surface area contributed by atoms with E-state index < -0.39 is 0 Å². The second-order valence-corrected chi connectivity index (χ2v) is 7.77. The van der Waals surface area contributed by atoms with Gasteiger partial charge in [0.1, 0.15) is 5.82 Å². The highest BCUT2D eigenvalue weighted by molar-refractivity contribution is 5.84. The van der Waals surface area contributed by atoms with Gasteiger partial charge in [-0.25, -0.2) is 4.98 Å². The molecule has 2 aliphatic rings. The number of hydrogen-bond acceptors (Lipinski definition) is 4. The molecular weight excluding hydrogens is 336 g/mol. The Labute approximate surface area is 161 Å². The summed E-state index contributed by atoms with van der Waals surface area (Å²) >= 11 is 0. The number of carbonyl (C=O) groups is 1. The Morgan fingerprint density at radius 2 is 1.63 bits per heavy atom. The monoisotopic (exact) mass is 364 g/mol. The summed E-state index contributed by atoms with van der Waals surface area (Å²) in [5.74, 6) is 1.33. The van der Waals surface area contributed by atoms with Gasteiger partial charge in [0.2, 0.25) is 5.91 Å². The van der Waals surface area contributed by atoms with Crippen LogP contribution in [0.1, 0.15) is 23.1 Å². The van der Waals surface area contributed by atoms with Gasteiger partial charge >= 0.3 is 0 Å². The number of benzene rings is 1. The molecule has 27 heavy (non-hydrogen) atoms. The fourth-order valence-electron chi connectivity index (χ4n) is 4.04. The number of aryl methyl sites for hydroxylation is 2. The maximum absolute atomic E-state index is 12.9. The van der Waals surface area contributed by atoms with Crippen LogP contribution in [0.5, 0.6) is 0 Å². The van der Waals surface area contributed by atoms with Gasteiger partial charge in [-0.05, 0) is 37.5 Å². The van der Waals surface area contributed by atoms with Gasteiger partial charge < -0.3 is 9.80 Å². The molecule has 5 nitrogen and oxygen atoms in total. The fourth-order valence-corrected chi connectivity index (χ4v) is 4.04. The second-order valence-electron chi connectivity index (χ2n) is 7.77. The second kappa shape index (κ2) is 7.69. The summed E-state index contributed by atoms with van der Waals surface area (Å²) in [5.41, 5.74) is 3.65. The summed E-state index contributed by atoms with van der Waals surface area (Å²) < 4.78 is 0. The molecule has 0 spiro atoms. The average Bonchev–Trinajstić information content (AvgIpc) is 3.05. The minimum atomic E-state index is 0.0450. The zero-order valence-corrected chi connectivity index (χ0v) is 16.3. The van der Waals surface area contributed by atoms with Gasteiger partial charge in [-0.3, -0.25) is 9.69 Å². The molecule has 0 saturated carbocycles. The Bertz CT molecular complexity index is 779. The van der Waals surface area contributed by atoms with Crippen LogP contribution in [0.4, 0.5) is 5.82 Å². The number of pyridine rings is 1. The average molecular weight is 364 g/mol. The van der Waals surface area contributed by atoms with Crippen molar-refractivity contribution in [2.45, 2.75) is 32.9 Å². The third-order valence-corrected chi connectivity index (χ3v) is 5.74. The van der Waals surface area contributed by atoms with Gasteiger partial charge in [-0.15, -0.1) is 0 Å². The smallest absolute Gasteiger partial charge is 0.240 e. The summed E-state index contributed by atoms with van der Waals surface area (Å²) in [6, 6.07) is 12.7. The highest BCUT2D eigenvalue weighted by Crippen LogP contribution is 2.22. The van der Waals surface area contributed by atoms with E-state index in [1.807, 2.05) is 11.1 Å². The first-order chi connectivity index (χ1) is 13.1. The Kier molecular flexibility index (Phi) is 5.12. The Morgan fingerprint density at radius 1 is 0.926 bits per heavy atom. The van der Waals surface area contributed by atoms with Gasteiger partial charge in [0.05, 0.1) is 6.04 Å². The Hall–Kier alpha value is -2.40. The van der Waals surface area contributed by atoms with Crippen molar-refractivity contribution in [1.29, 1.82) is 0 Å². The largest absolute Gasteiger partial charge is 0.354 e. The van der Waals surface area contributed by atoms with E-state index in [0.717, 1.165) is 51.5 Å². The van der Waals surface area contributed by atoms with E-state index in [1.165, 1.54) is 16.7 Å². The molecule has 5 heteroatoms. The molecule has 142 valence electrons. The van der Waals surface area contributed by atoms with E-state index in [-0.39, 0.29) is 11.9 Å². The predicted octanol–water partition coefficient (Wildman–Crippen LogP) is 2.62. The third-order valence-electron chi connectivity index (χ3n) is 5.74. The van der Waals surface area contributed by atoms with Crippen molar-refractivity contribution in [1.82, 2.24) is 14.8 Å². The summed E-state index contributed by atoms with van der Waals surface area (Å²) in [5, 5.41) is 0. The quantitative estimate of drug-likeness (QED) is 0.836. The van der Waals surface area contributed by atoms with E-state index >= 15 is 0 Å². The maximum atomic E-state index is 12.9. The number of rotatable bonds is 4. The first-order valence-corrected chi connectivity index (χ1v) is 9.86.